The predicted molar refractivity (Wildman–Crippen MR) is 77.5 cm³/mol. The second kappa shape index (κ2) is 5.73. The highest BCUT2D eigenvalue weighted by Crippen LogP contribution is 2.45. The van der Waals surface area contributed by atoms with E-state index in [0.29, 0.717) is 31.8 Å². The second-order valence-electron chi connectivity index (χ2n) is 6.49. The molecule has 0 spiro atoms. The highest BCUT2D eigenvalue weighted by Gasteiger charge is 2.51. The fourth-order valence-corrected chi connectivity index (χ4v) is 3.38. The minimum absolute atomic E-state index is 0.425. The Bertz CT molecular complexity index is 504. The number of aliphatic hydroxyl groups is 1. The van der Waals surface area contributed by atoms with E-state index in [-0.39, 0.29) is 0 Å². The van der Waals surface area contributed by atoms with E-state index in [1.54, 1.807) is 6.20 Å². The maximum absolute atomic E-state index is 11.8. The van der Waals surface area contributed by atoms with Gasteiger partial charge in [0.2, 0.25) is 0 Å². The Hall–Kier alpha value is -1.46. The fourth-order valence-electron chi connectivity index (χ4n) is 3.38. The zero-order valence-electron chi connectivity index (χ0n) is 12.1. The maximum Gasteiger partial charge on any atom is 0.313 e. The van der Waals surface area contributed by atoms with Crippen LogP contribution in [0, 0.1) is 11.3 Å². The summed E-state index contributed by atoms with van der Waals surface area (Å²) in [4.78, 5) is 18.1. The minimum atomic E-state index is -0.998. The summed E-state index contributed by atoms with van der Waals surface area (Å²) >= 11 is 0. The van der Waals surface area contributed by atoms with E-state index in [0.717, 1.165) is 24.9 Å². The van der Waals surface area contributed by atoms with Gasteiger partial charge < -0.3 is 10.2 Å². The minimum Gasteiger partial charge on any atom is -0.481 e. The van der Waals surface area contributed by atoms with E-state index in [9.17, 15) is 15.0 Å². The summed E-state index contributed by atoms with van der Waals surface area (Å²) in [5.74, 6) is -0.369. The van der Waals surface area contributed by atoms with Gasteiger partial charge in [-0.15, -0.1) is 0 Å². The Kier molecular flexibility index (Phi) is 3.95. The van der Waals surface area contributed by atoms with E-state index in [1.165, 1.54) is 0 Å². The number of rotatable bonds is 5. The number of hydrogen-bond donors (Lipinski definition) is 2. The van der Waals surface area contributed by atoms with E-state index in [1.807, 2.05) is 18.3 Å². The van der Waals surface area contributed by atoms with Gasteiger partial charge in [0.05, 0.1) is 6.10 Å². The predicted octanol–water partition coefficient (Wildman–Crippen LogP) is 1.52. The normalized spacial score (nSPS) is 30.2. The molecule has 2 fully saturated rings. The molecule has 1 aromatic heterocycles. The van der Waals surface area contributed by atoms with Gasteiger partial charge >= 0.3 is 5.97 Å². The molecule has 0 aromatic carbocycles. The van der Waals surface area contributed by atoms with Crippen LogP contribution in [-0.4, -0.2) is 45.3 Å². The first-order chi connectivity index (χ1) is 10.1. The van der Waals surface area contributed by atoms with Gasteiger partial charge in [0.15, 0.2) is 0 Å². The molecule has 2 heterocycles. The molecule has 1 aromatic rings. The molecule has 0 unspecified atom stereocenters. The smallest absolute Gasteiger partial charge is 0.313 e. The molecule has 0 radical (unpaired) electrons. The molecule has 1 saturated heterocycles. The van der Waals surface area contributed by atoms with E-state index >= 15 is 0 Å². The van der Waals surface area contributed by atoms with Crippen molar-refractivity contribution in [3.05, 3.63) is 30.1 Å². The van der Waals surface area contributed by atoms with Gasteiger partial charge in [-0.3, -0.25) is 14.7 Å². The average molecular weight is 290 g/mol. The van der Waals surface area contributed by atoms with Crippen molar-refractivity contribution < 1.29 is 15.0 Å². The Morgan fingerprint density at radius 2 is 2.24 bits per heavy atom. The first-order valence-electron chi connectivity index (χ1n) is 7.63. The number of pyridine rings is 1. The molecule has 1 aliphatic carbocycles. The first kappa shape index (κ1) is 14.5. The summed E-state index contributed by atoms with van der Waals surface area (Å²) in [6.45, 7) is 1.85. The Labute approximate surface area is 124 Å². The third-order valence-electron chi connectivity index (χ3n) is 4.77. The zero-order chi connectivity index (χ0) is 14.9. The lowest BCUT2D eigenvalue weighted by molar-refractivity contribution is -0.165. The van der Waals surface area contributed by atoms with E-state index < -0.39 is 17.5 Å². The summed E-state index contributed by atoms with van der Waals surface area (Å²) in [5, 5.41) is 20.1. The molecule has 5 nitrogen and oxygen atoms in total. The molecule has 2 N–H and O–H groups in total. The summed E-state index contributed by atoms with van der Waals surface area (Å²) < 4.78 is 0. The van der Waals surface area contributed by atoms with Crippen molar-refractivity contribution in [1.82, 2.24) is 9.88 Å². The van der Waals surface area contributed by atoms with E-state index in [2.05, 4.69) is 9.88 Å². The van der Waals surface area contributed by atoms with Gasteiger partial charge in [-0.1, -0.05) is 18.9 Å². The van der Waals surface area contributed by atoms with Crippen LogP contribution in [0.15, 0.2) is 24.5 Å². The number of likely N-dealkylation sites (tertiary alicyclic amines) is 1. The summed E-state index contributed by atoms with van der Waals surface area (Å²) in [7, 11) is 0. The van der Waals surface area contributed by atoms with Crippen LogP contribution in [0.25, 0.3) is 0 Å². The van der Waals surface area contributed by atoms with E-state index in [4.69, 9.17) is 0 Å². The van der Waals surface area contributed by atoms with Crippen LogP contribution in [0.3, 0.4) is 0 Å². The Balaban J connectivity index is 1.74. The number of carboxylic acid groups (broad SMARTS) is 1. The zero-order valence-corrected chi connectivity index (χ0v) is 12.1. The van der Waals surface area contributed by atoms with Crippen molar-refractivity contribution >= 4 is 5.97 Å². The van der Waals surface area contributed by atoms with Gasteiger partial charge in [-0.05, 0) is 30.4 Å². The number of nitrogens with zero attached hydrogens (tertiary/aromatic N) is 2. The van der Waals surface area contributed by atoms with Crippen LogP contribution < -0.4 is 0 Å². The summed E-state index contributed by atoms with van der Waals surface area (Å²) in [5.41, 5.74) is 0.0846. The lowest BCUT2D eigenvalue weighted by Gasteiger charge is -2.43. The van der Waals surface area contributed by atoms with Crippen molar-refractivity contribution in [1.29, 1.82) is 0 Å². The van der Waals surface area contributed by atoms with Gasteiger partial charge in [0.1, 0.15) is 5.41 Å². The molecule has 3 rings (SSSR count). The first-order valence-corrected chi connectivity index (χ1v) is 7.63. The van der Waals surface area contributed by atoms with Crippen LogP contribution in [0.2, 0.25) is 0 Å². The largest absolute Gasteiger partial charge is 0.481 e. The molecular formula is C16H22N2O3. The lowest BCUT2D eigenvalue weighted by Crippen LogP contribution is -2.55. The van der Waals surface area contributed by atoms with Crippen LogP contribution in [0.5, 0.6) is 0 Å². The highest BCUT2D eigenvalue weighted by molar-refractivity contribution is 5.76. The van der Waals surface area contributed by atoms with Crippen molar-refractivity contribution in [2.24, 2.45) is 11.3 Å². The number of carboxylic acids is 1. The number of aliphatic hydroxyl groups excluding tert-OH is 1. The molecule has 2 aliphatic rings. The van der Waals surface area contributed by atoms with Crippen molar-refractivity contribution in [2.75, 3.05) is 13.1 Å². The molecule has 1 aliphatic heterocycles. The molecule has 114 valence electrons. The standard InChI is InChI=1S/C16H22N2O3/c19-14-5-7-18(10-13-2-1-6-17-9-13)11-16(14,15(20)21)8-12-3-4-12/h1-2,6,9,12,14,19H,3-5,7-8,10-11H2,(H,20,21)/t14-,16+/m0/s1. The average Bonchev–Trinajstić information content (AvgIpc) is 3.27. The number of hydrogen-bond acceptors (Lipinski definition) is 4. The summed E-state index contributed by atoms with van der Waals surface area (Å²) in [6, 6.07) is 3.89. The number of piperidine rings is 1. The molecule has 5 heteroatoms. The SMILES string of the molecule is O=C(O)[C@]1(CC2CC2)CN(Cc2cccnc2)CC[C@@H]1O. The number of aromatic nitrogens is 1. The fraction of sp³-hybridized carbons (Fsp3) is 0.625. The lowest BCUT2D eigenvalue weighted by atomic mass is 9.73. The monoisotopic (exact) mass is 290 g/mol. The van der Waals surface area contributed by atoms with Gasteiger partial charge in [-0.2, -0.15) is 0 Å². The van der Waals surface area contributed by atoms with Crippen LogP contribution in [0.1, 0.15) is 31.2 Å². The third kappa shape index (κ3) is 3.09. The van der Waals surface area contributed by atoms with Crippen LogP contribution in [0.4, 0.5) is 0 Å². The number of carbonyl (C=O) groups is 1. The van der Waals surface area contributed by atoms with Crippen LogP contribution >= 0.6 is 0 Å². The van der Waals surface area contributed by atoms with Crippen molar-refractivity contribution in [3.8, 4) is 0 Å². The van der Waals surface area contributed by atoms with Gasteiger partial charge in [0, 0.05) is 32.0 Å². The summed E-state index contributed by atoms with van der Waals surface area (Å²) in [6.07, 6.45) is 6.15. The highest BCUT2D eigenvalue weighted by atomic mass is 16.4. The topological polar surface area (TPSA) is 73.7 Å². The molecule has 2 atom stereocenters. The Morgan fingerprint density at radius 1 is 1.43 bits per heavy atom. The third-order valence-corrected chi connectivity index (χ3v) is 4.77. The number of aliphatic carboxylic acids is 1. The second-order valence-corrected chi connectivity index (χ2v) is 6.49. The van der Waals surface area contributed by atoms with Crippen molar-refractivity contribution in [2.45, 2.75) is 38.3 Å². The Morgan fingerprint density at radius 3 is 2.86 bits per heavy atom. The van der Waals surface area contributed by atoms with Gasteiger partial charge in [0.25, 0.3) is 0 Å². The molecule has 0 amide bonds. The molecule has 21 heavy (non-hydrogen) atoms. The van der Waals surface area contributed by atoms with Crippen LogP contribution in [-0.2, 0) is 11.3 Å². The molecule has 1 saturated carbocycles. The van der Waals surface area contributed by atoms with Crippen molar-refractivity contribution in [3.63, 3.8) is 0 Å². The molecule has 0 bridgehead atoms. The van der Waals surface area contributed by atoms with Gasteiger partial charge in [-0.25, -0.2) is 0 Å². The maximum atomic E-state index is 11.8. The molecular weight excluding hydrogens is 268 g/mol. The quantitative estimate of drug-likeness (QED) is 0.860.